The van der Waals surface area contributed by atoms with Gasteiger partial charge in [0.2, 0.25) is 5.78 Å². The van der Waals surface area contributed by atoms with Gasteiger partial charge >= 0.3 is 6.18 Å². The van der Waals surface area contributed by atoms with Crippen molar-refractivity contribution in [3.8, 4) is 0 Å². The highest BCUT2D eigenvalue weighted by Gasteiger charge is 2.28. The summed E-state index contributed by atoms with van der Waals surface area (Å²) < 4.78 is 43.8. The molecule has 0 aromatic carbocycles. The van der Waals surface area contributed by atoms with Crippen molar-refractivity contribution in [1.29, 1.82) is 0 Å². The quantitative estimate of drug-likeness (QED) is 0.704. The third kappa shape index (κ3) is 3.78. The Hall–Kier alpha value is -1.04. The Kier molecular flexibility index (Phi) is 3.51. The van der Waals surface area contributed by atoms with Crippen LogP contribution in [0.5, 0.6) is 0 Å². The summed E-state index contributed by atoms with van der Waals surface area (Å²) in [6, 6.07) is 0. The first-order valence-electron chi connectivity index (χ1n) is 4.00. The second-order valence-corrected chi connectivity index (χ2v) is 2.74. The van der Waals surface area contributed by atoms with Crippen molar-refractivity contribution >= 4 is 5.78 Å². The van der Waals surface area contributed by atoms with E-state index in [0.717, 1.165) is 0 Å². The number of alkyl halides is 3. The zero-order valence-corrected chi connectivity index (χ0v) is 7.26. The summed E-state index contributed by atoms with van der Waals surface area (Å²) in [4.78, 5) is 11.0. The van der Waals surface area contributed by atoms with Crippen LogP contribution >= 0.6 is 0 Å². The maximum atomic E-state index is 11.6. The van der Waals surface area contributed by atoms with E-state index in [1.54, 1.807) is 6.08 Å². The number of hydrogen-bond donors (Lipinski definition) is 0. The maximum absolute atomic E-state index is 11.6. The van der Waals surface area contributed by atoms with Gasteiger partial charge in [-0.3, -0.25) is 4.79 Å². The molecule has 0 amide bonds. The third-order valence-electron chi connectivity index (χ3n) is 1.48. The Morgan fingerprint density at radius 1 is 1.57 bits per heavy atom. The molecule has 14 heavy (non-hydrogen) atoms. The van der Waals surface area contributed by atoms with E-state index < -0.39 is 25.2 Å². The zero-order chi connectivity index (χ0) is 10.6. The number of ketones is 1. The van der Waals surface area contributed by atoms with Crippen molar-refractivity contribution in [2.24, 2.45) is 0 Å². The van der Waals surface area contributed by atoms with E-state index in [1.807, 2.05) is 0 Å². The van der Waals surface area contributed by atoms with Crippen molar-refractivity contribution in [3.63, 3.8) is 0 Å². The molecule has 3 nitrogen and oxygen atoms in total. The van der Waals surface area contributed by atoms with E-state index >= 15 is 0 Å². The number of carbonyl (C=O) groups is 1. The average Bonchev–Trinajstić information content (AvgIpc) is 2.53. The molecule has 0 aliphatic carbocycles. The summed E-state index contributed by atoms with van der Waals surface area (Å²) in [7, 11) is 0. The number of carbonyl (C=O) groups excluding carboxylic acids is 1. The molecule has 0 saturated carbocycles. The van der Waals surface area contributed by atoms with Crippen molar-refractivity contribution in [2.75, 3.05) is 19.8 Å². The lowest BCUT2D eigenvalue weighted by atomic mass is 10.3. The molecule has 0 radical (unpaired) electrons. The summed E-state index contributed by atoms with van der Waals surface area (Å²) in [5.74, 6) is -0.445. The van der Waals surface area contributed by atoms with Crippen LogP contribution in [0.25, 0.3) is 0 Å². The molecule has 1 heterocycles. The number of ether oxygens (including phenoxy) is 2. The van der Waals surface area contributed by atoms with Gasteiger partial charge in [0.25, 0.3) is 0 Å². The number of rotatable bonds is 4. The highest BCUT2D eigenvalue weighted by molar-refractivity contribution is 5.94. The molecule has 1 aliphatic rings. The molecule has 0 atom stereocenters. The predicted octanol–water partition coefficient (Wildman–Crippen LogP) is 1.44. The van der Waals surface area contributed by atoms with Gasteiger partial charge in [-0.1, -0.05) is 0 Å². The molecule has 1 rings (SSSR count). The predicted molar refractivity (Wildman–Crippen MR) is 40.5 cm³/mol. The summed E-state index contributed by atoms with van der Waals surface area (Å²) >= 11 is 0. The first-order chi connectivity index (χ1) is 6.49. The van der Waals surface area contributed by atoms with Gasteiger partial charge in [-0.25, -0.2) is 0 Å². The van der Waals surface area contributed by atoms with Gasteiger partial charge in [0.05, 0.1) is 6.61 Å². The fourth-order valence-electron chi connectivity index (χ4n) is 0.943. The maximum Gasteiger partial charge on any atom is 0.411 e. The van der Waals surface area contributed by atoms with Crippen LogP contribution in [0.2, 0.25) is 0 Å². The minimum absolute atomic E-state index is 0.104. The van der Waals surface area contributed by atoms with E-state index in [2.05, 4.69) is 4.74 Å². The summed E-state index contributed by atoms with van der Waals surface area (Å²) in [5.41, 5.74) is 0. The molecular formula is C8H9F3O3. The van der Waals surface area contributed by atoms with Crippen LogP contribution in [0.15, 0.2) is 11.8 Å². The minimum atomic E-state index is -4.40. The lowest BCUT2D eigenvalue weighted by Crippen LogP contribution is -2.21. The van der Waals surface area contributed by atoms with E-state index in [-0.39, 0.29) is 5.76 Å². The zero-order valence-electron chi connectivity index (χ0n) is 7.26. The second kappa shape index (κ2) is 4.45. The normalized spacial score (nSPS) is 16.4. The molecule has 0 fully saturated rings. The summed E-state index contributed by atoms with van der Waals surface area (Å²) in [5, 5.41) is 0. The fraction of sp³-hybridized carbons (Fsp3) is 0.625. The Morgan fingerprint density at radius 3 is 2.79 bits per heavy atom. The van der Waals surface area contributed by atoms with Crippen LogP contribution < -0.4 is 0 Å². The molecule has 0 N–H and O–H groups in total. The van der Waals surface area contributed by atoms with Crippen LogP contribution in [0, 0.1) is 0 Å². The average molecular weight is 210 g/mol. The van der Waals surface area contributed by atoms with Gasteiger partial charge in [0, 0.05) is 6.42 Å². The Bertz CT molecular complexity index is 245. The molecule has 0 bridgehead atoms. The highest BCUT2D eigenvalue weighted by atomic mass is 19.4. The molecule has 80 valence electrons. The van der Waals surface area contributed by atoms with Gasteiger partial charge in [-0.15, -0.1) is 0 Å². The Balaban J connectivity index is 2.22. The number of halogens is 3. The van der Waals surface area contributed by atoms with E-state index in [1.165, 1.54) is 0 Å². The summed E-state index contributed by atoms with van der Waals surface area (Å²) in [6.45, 7) is -1.60. The second-order valence-electron chi connectivity index (χ2n) is 2.74. The highest BCUT2D eigenvalue weighted by Crippen LogP contribution is 2.15. The van der Waals surface area contributed by atoms with Gasteiger partial charge < -0.3 is 9.47 Å². The molecular weight excluding hydrogens is 201 g/mol. The molecule has 0 unspecified atom stereocenters. The van der Waals surface area contributed by atoms with E-state index in [9.17, 15) is 18.0 Å². The third-order valence-corrected chi connectivity index (χ3v) is 1.48. The Labute approximate surface area is 78.5 Å². The van der Waals surface area contributed by atoms with Gasteiger partial charge in [0.1, 0.15) is 13.2 Å². The topological polar surface area (TPSA) is 35.5 Å². The molecule has 0 aromatic heterocycles. The Morgan fingerprint density at radius 2 is 2.29 bits per heavy atom. The van der Waals surface area contributed by atoms with E-state index in [4.69, 9.17) is 4.74 Å². The van der Waals surface area contributed by atoms with Crippen molar-refractivity contribution in [3.05, 3.63) is 11.8 Å². The monoisotopic (exact) mass is 210 g/mol. The van der Waals surface area contributed by atoms with Gasteiger partial charge in [-0.05, 0) is 6.08 Å². The molecule has 1 aliphatic heterocycles. The lowest BCUT2D eigenvalue weighted by Gasteiger charge is -2.07. The van der Waals surface area contributed by atoms with Gasteiger partial charge in [0.15, 0.2) is 5.76 Å². The van der Waals surface area contributed by atoms with Crippen molar-refractivity contribution in [2.45, 2.75) is 12.6 Å². The molecule has 0 spiro atoms. The smallest absolute Gasteiger partial charge is 0.411 e. The number of hydrogen-bond acceptors (Lipinski definition) is 3. The van der Waals surface area contributed by atoms with Crippen LogP contribution in [0.4, 0.5) is 13.2 Å². The van der Waals surface area contributed by atoms with Crippen molar-refractivity contribution in [1.82, 2.24) is 0 Å². The van der Waals surface area contributed by atoms with E-state index in [0.29, 0.717) is 13.0 Å². The first-order valence-corrected chi connectivity index (χ1v) is 4.00. The number of Topliss-reactive ketones (excluding diaryl/α,β-unsaturated/α-hetero) is 1. The summed E-state index contributed by atoms with van der Waals surface area (Å²) in [6.07, 6.45) is -2.25. The van der Waals surface area contributed by atoms with Gasteiger partial charge in [-0.2, -0.15) is 13.2 Å². The van der Waals surface area contributed by atoms with Crippen molar-refractivity contribution < 1.29 is 27.4 Å². The fourth-order valence-corrected chi connectivity index (χ4v) is 0.943. The largest absolute Gasteiger partial charge is 0.490 e. The van der Waals surface area contributed by atoms with Crippen LogP contribution in [-0.2, 0) is 14.3 Å². The standard InChI is InChI=1S/C8H9F3O3/c9-8(10,11)5-13-4-6(12)7-2-1-3-14-7/h2H,1,3-5H2. The molecule has 6 heteroatoms. The minimum Gasteiger partial charge on any atom is -0.490 e. The van der Waals surface area contributed by atoms with Crippen LogP contribution in [0.1, 0.15) is 6.42 Å². The van der Waals surface area contributed by atoms with Crippen LogP contribution in [0.3, 0.4) is 0 Å². The lowest BCUT2D eigenvalue weighted by molar-refractivity contribution is -0.175. The SMILES string of the molecule is O=C(COCC(F)(F)F)C1=CCCO1. The molecule has 0 aromatic rings. The first kappa shape index (κ1) is 11.0. The molecule has 0 saturated heterocycles. The van der Waals surface area contributed by atoms with Crippen LogP contribution in [-0.4, -0.2) is 31.8 Å².